The first-order chi connectivity index (χ1) is 10.8. The van der Waals surface area contributed by atoms with Crippen LogP contribution in [0.25, 0.3) is 11.0 Å². The highest BCUT2D eigenvalue weighted by molar-refractivity contribution is 7.99. The maximum absolute atomic E-state index is 13.0. The summed E-state index contributed by atoms with van der Waals surface area (Å²) < 4.78 is 0. The molecule has 0 aliphatic carbocycles. The van der Waals surface area contributed by atoms with Crippen molar-refractivity contribution in [1.82, 2.24) is 14.9 Å². The molecule has 4 nitrogen and oxygen atoms in total. The summed E-state index contributed by atoms with van der Waals surface area (Å²) in [4.78, 5) is 23.7. The second kappa shape index (κ2) is 5.54. The Labute approximate surface area is 134 Å². The Balaban J connectivity index is 1.63. The molecule has 1 amide bonds. The third kappa shape index (κ3) is 2.28. The zero-order valence-electron chi connectivity index (χ0n) is 12.6. The van der Waals surface area contributed by atoms with E-state index in [4.69, 9.17) is 0 Å². The van der Waals surface area contributed by atoms with Crippen LogP contribution in [-0.2, 0) is 0 Å². The van der Waals surface area contributed by atoms with Gasteiger partial charge in [-0.1, -0.05) is 0 Å². The molecular formula is C17H19N3OS. The van der Waals surface area contributed by atoms with Crippen molar-refractivity contribution in [3.8, 4) is 0 Å². The molecule has 2 aliphatic rings. The lowest BCUT2D eigenvalue weighted by Gasteiger charge is -2.38. The summed E-state index contributed by atoms with van der Waals surface area (Å²) >= 11 is 1.95. The first kappa shape index (κ1) is 14.0. The van der Waals surface area contributed by atoms with Gasteiger partial charge in [-0.05, 0) is 50.1 Å². The summed E-state index contributed by atoms with van der Waals surface area (Å²) in [5.41, 5.74) is 2.37. The third-order valence-electron chi connectivity index (χ3n) is 4.97. The highest BCUT2D eigenvalue weighted by Gasteiger charge is 2.43. The Morgan fingerprint density at radius 3 is 2.50 bits per heavy atom. The molecule has 0 N–H and O–H groups in total. The van der Waals surface area contributed by atoms with Crippen molar-refractivity contribution < 1.29 is 4.79 Å². The van der Waals surface area contributed by atoms with Gasteiger partial charge in [-0.2, -0.15) is 11.8 Å². The van der Waals surface area contributed by atoms with Gasteiger partial charge in [0.05, 0.1) is 11.0 Å². The topological polar surface area (TPSA) is 46.1 Å². The first-order valence-electron chi connectivity index (χ1n) is 7.82. The zero-order valence-corrected chi connectivity index (χ0v) is 13.4. The summed E-state index contributed by atoms with van der Waals surface area (Å²) in [6.07, 6.45) is 10.1. The van der Waals surface area contributed by atoms with Gasteiger partial charge in [0.15, 0.2) is 0 Å². The molecule has 2 fully saturated rings. The number of hydrogen-bond acceptors (Lipinski definition) is 4. The molecule has 5 heteroatoms. The zero-order chi connectivity index (χ0) is 15.1. The molecule has 22 heavy (non-hydrogen) atoms. The van der Waals surface area contributed by atoms with E-state index in [0.29, 0.717) is 17.3 Å². The van der Waals surface area contributed by atoms with Gasteiger partial charge in [0.2, 0.25) is 0 Å². The third-order valence-corrected chi connectivity index (χ3v) is 6.03. The Morgan fingerprint density at radius 1 is 1.14 bits per heavy atom. The van der Waals surface area contributed by atoms with Gasteiger partial charge in [-0.3, -0.25) is 14.8 Å². The summed E-state index contributed by atoms with van der Waals surface area (Å²) in [7, 11) is 0. The minimum absolute atomic E-state index is 0.166. The number of aromatic nitrogens is 2. The lowest BCUT2D eigenvalue weighted by atomic mass is 10.0. The van der Waals surface area contributed by atoms with E-state index in [1.54, 1.807) is 12.4 Å². The van der Waals surface area contributed by atoms with Gasteiger partial charge < -0.3 is 4.90 Å². The number of piperidine rings is 1. The second-order valence-electron chi connectivity index (χ2n) is 6.19. The molecule has 114 valence electrons. The number of benzene rings is 1. The average molecular weight is 313 g/mol. The van der Waals surface area contributed by atoms with E-state index in [9.17, 15) is 4.79 Å². The molecule has 2 atom stereocenters. The second-order valence-corrected chi connectivity index (χ2v) is 7.32. The molecule has 0 saturated carbocycles. The van der Waals surface area contributed by atoms with Crippen LogP contribution in [0.4, 0.5) is 0 Å². The molecular weight excluding hydrogens is 294 g/mol. The van der Waals surface area contributed by atoms with Gasteiger partial charge in [-0.15, -0.1) is 0 Å². The van der Waals surface area contributed by atoms with E-state index in [1.165, 1.54) is 0 Å². The van der Waals surface area contributed by atoms with Crippen molar-refractivity contribution in [2.24, 2.45) is 0 Å². The molecule has 2 bridgehead atoms. The molecule has 3 heterocycles. The van der Waals surface area contributed by atoms with Crippen LogP contribution in [0.15, 0.2) is 30.6 Å². The van der Waals surface area contributed by atoms with Crippen LogP contribution in [0, 0.1) is 0 Å². The summed E-state index contributed by atoms with van der Waals surface area (Å²) in [5, 5.41) is 0.712. The fourth-order valence-electron chi connectivity index (χ4n) is 3.90. The lowest BCUT2D eigenvalue weighted by molar-refractivity contribution is 0.0602. The van der Waals surface area contributed by atoms with Crippen LogP contribution in [0.5, 0.6) is 0 Å². The van der Waals surface area contributed by atoms with E-state index in [-0.39, 0.29) is 5.91 Å². The van der Waals surface area contributed by atoms with E-state index in [0.717, 1.165) is 42.3 Å². The van der Waals surface area contributed by atoms with Crippen LogP contribution in [0.1, 0.15) is 36.0 Å². The highest BCUT2D eigenvalue weighted by Crippen LogP contribution is 2.40. The fraction of sp³-hybridized carbons (Fsp3) is 0.471. The Morgan fingerprint density at radius 2 is 1.82 bits per heavy atom. The molecule has 2 unspecified atom stereocenters. The molecule has 1 aromatic carbocycles. The number of carbonyl (C=O) groups excluding carboxylic acids is 1. The molecule has 1 aromatic heterocycles. The van der Waals surface area contributed by atoms with E-state index in [2.05, 4.69) is 21.1 Å². The van der Waals surface area contributed by atoms with Crippen molar-refractivity contribution in [3.63, 3.8) is 0 Å². The van der Waals surface area contributed by atoms with Crippen LogP contribution < -0.4 is 0 Å². The van der Waals surface area contributed by atoms with Gasteiger partial charge in [0.1, 0.15) is 0 Å². The summed E-state index contributed by atoms with van der Waals surface area (Å²) in [6, 6.07) is 6.50. The first-order valence-corrected chi connectivity index (χ1v) is 9.11. The van der Waals surface area contributed by atoms with Crippen LogP contribution >= 0.6 is 11.8 Å². The average Bonchev–Trinajstić information content (AvgIpc) is 2.83. The minimum atomic E-state index is 0.166. The Hall–Kier alpha value is -1.62. The number of carbonyl (C=O) groups is 1. The van der Waals surface area contributed by atoms with E-state index < -0.39 is 0 Å². The number of rotatable bonds is 2. The monoisotopic (exact) mass is 313 g/mol. The van der Waals surface area contributed by atoms with Gasteiger partial charge in [0, 0.05) is 35.3 Å². The maximum atomic E-state index is 13.0. The normalized spacial score (nSPS) is 27.3. The van der Waals surface area contributed by atoms with Gasteiger partial charge in [0.25, 0.3) is 5.91 Å². The lowest BCUT2D eigenvalue weighted by Crippen LogP contribution is -2.47. The quantitative estimate of drug-likeness (QED) is 0.854. The Bertz CT molecular complexity index is 706. The predicted octanol–water partition coefficient (Wildman–Crippen LogP) is 3.13. The number of hydrogen-bond donors (Lipinski definition) is 0. The van der Waals surface area contributed by atoms with E-state index in [1.807, 2.05) is 30.0 Å². The van der Waals surface area contributed by atoms with Crippen molar-refractivity contribution in [1.29, 1.82) is 0 Å². The molecule has 2 aromatic rings. The number of amides is 1. The summed E-state index contributed by atoms with van der Waals surface area (Å²) in [5.74, 6) is 0.166. The van der Waals surface area contributed by atoms with Crippen molar-refractivity contribution >= 4 is 28.7 Å². The van der Waals surface area contributed by atoms with Gasteiger partial charge >= 0.3 is 0 Å². The van der Waals surface area contributed by atoms with Crippen LogP contribution in [0.3, 0.4) is 0 Å². The van der Waals surface area contributed by atoms with Gasteiger partial charge in [-0.25, -0.2) is 0 Å². The molecule has 2 saturated heterocycles. The SMILES string of the molecule is CSC1CC2CCC(C1)N2C(=O)c1ccc2nccnc2c1. The molecule has 2 aliphatic heterocycles. The molecule has 4 rings (SSSR count). The number of thioether (sulfide) groups is 1. The predicted molar refractivity (Wildman–Crippen MR) is 89.1 cm³/mol. The standard InChI is InChI=1S/C17H19N3OS/c1-22-14-9-12-3-4-13(10-14)20(12)17(21)11-2-5-15-16(8-11)19-7-6-18-15/h2,5-8,12-14H,3-4,9-10H2,1H3. The molecule has 0 spiro atoms. The fourth-order valence-corrected chi connectivity index (χ4v) is 4.73. The van der Waals surface area contributed by atoms with E-state index >= 15 is 0 Å². The number of nitrogens with zero attached hydrogens (tertiary/aromatic N) is 3. The Kier molecular flexibility index (Phi) is 3.53. The van der Waals surface area contributed by atoms with Crippen molar-refractivity contribution in [2.75, 3.05) is 6.26 Å². The van der Waals surface area contributed by atoms with Crippen molar-refractivity contribution in [3.05, 3.63) is 36.2 Å². The maximum Gasteiger partial charge on any atom is 0.254 e. The summed E-state index contributed by atoms with van der Waals surface area (Å²) in [6.45, 7) is 0. The minimum Gasteiger partial charge on any atom is -0.333 e. The highest BCUT2D eigenvalue weighted by atomic mass is 32.2. The largest absolute Gasteiger partial charge is 0.333 e. The van der Waals surface area contributed by atoms with Crippen LogP contribution in [0.2, 0.25) is 0 Å². The number of fused-ring (bicyclic) bond motifs is 3. The van der Waals surface area contributed by atoms with Crippen molar-refractivity contribution in [2.45, 2.75) is 43.0 Å². The molecule has 0 radical (unpaired) electrons. The smallest absolute Gasteiger partial charge is 0.254 e. The van der Waals surface area contributed by atoms with Crippen LogP contribution in [-0.4, -0.2) is 44.4 Å².